The van der Waals surface area contributed by atoms with Gasteiger partial charge >= 0.3 is 17.3 Å². The summed E-state index contributed by atoms with van der Waals surface area (Å²) in [6.07, 6.45) is 6.28. The van der Waals surface area contributed by atoms with Crippen LogP contribution < -0.4 is 21.7 Å². The van der Waals surface area contributed by atoms with Crippen molar-refractivity contribution in [2.24, 2.45) is 16.8 Å². The highest BCUT2D eigenvalue weighted by molar-refractivity contribution is 5.87. The highest BCUT2D eigenvalue weighted by atomic mass is 16.5. The van der Waals surface area contributed by atoms with Crippen molar-refractivity contribution >= 4 is 11.7 Å². The van der Waals surface area contributed by atoms with Crippen molar-refractivity contribution in [3.63, 3.8) is 0 Å². The number of nitrogens with one attached hydrogen (secondary N) is 1. The quantitative estimate of drug-likeness (QED) is 0.474. The Kier molecular flexibility index (Phi) is 8.05. The summed E-state index contributed by atoms with van der Waals surface area (Å²) in [5, 5.41) is 9.02. The van der Waals surface area contributed by atoms with E-state index in [0.717, 1.165) is 31.2 Å². The number of aromatic carboxylic acids is 1. The lowest BCUT2D eigenvalue weighted by Crippen LogP contribution is -2.50. The number of ether oxygens (including phenoxy) is 1. The lowest BCUT2D eigenvalue weighted by Gasteiger charge is -2.26. The smallest absolute Gasteiger partial charge is 0.337 e. The van der Waals surface area contributed by atoms with Gasteiger partial charge < -0.3 is 9.84 Å². The third-order valence-corrected chi connectivity index (χ3v) is 6.80. The van der Waals surface area contributed by atoms with Crippen molar-refractivity contribution in [2.45, 2.75) is 66.0 Å². The first-order valence-corrected chi connectivity index (χ1v) is 12.7. The number of aromatic amines is 1. The third kappa shape index (κ3) is 6.25. The van der Waals surface area contributed by atoms with Crippen molar-refractivity contribution in [2.75, 3.05) is 0 Å². The average Bonchev–Trinajstić information content (AvgIpc) is 2.87. The van der Waals surface area contributed by atoms with Crippen LogP contribution in [0, 0.1) is 18.8 Å². The van der Waals surface area contributed by atoms with Gasteiger partial charge in [-0.25, -0.2) is 28.9 Å². The van der Waals surface area contributed by atoms with Gasteiger partial charge in [-0.15, -0.1) is 0 Å². The van der Waals surface area contributed by atoms with Crippen LogP contribution in [0.25, 0.3) is 0 Å². The topological polar surface area (TPSA) is 132 Å². The number of nitrogens with zero attached hydrogens (tertiary/aromatic N) is 4. The fourth-order valence-electron chi connectivity index (χ4n) is 4.62. The maximum atomic E-state index is 13.3. The standard InChI is InChI=1S/C27H33N5O5/c1-4-13-31-26(35)30-25(32(27(31)36)16-19-7-5-17(2)6-8-19)29-21-10-11-22(18(3)14-21)37-23-12-9-20(15-28-23)24(33)34/h9-12,14-15,17,19H,4-8,13,16H2,1-3H3,(H,33,34)(H,29,30,35)/t17-,19-. The zero-order chi connectivity index (χ0) is 26.5. The van der Waals surface area contributed by atoms with Crippen LogP contribution in [-0.2, 0) is 13.1 Å². The van der Waals surface area contributed by atoms with Crippen LogP contribution in [-0.4, -0.2) is 30.2 Å². The molecule has 1 aliphatic carbocycles. The average molecular weight is 508 g/mol. The fourth-order valence-corrected chi connectivity index (χ4v) is 4.62. The van der Waals surface area contributed by atoms with E-state index in [9.17, 15) is 14.4 Å². The summed E-state index contributed by atoms with van der Waals surface area (Å²) >= 11 is 0. The van der Waals surface area contributed by atoms with Crippen LogP contribution in [0.1, 0.15) is 61.9 Å². The van der Waals surface area contributed by atoms with E-state index in [1.165, 1.54) is 22.9 Å². The molecule has 37 heavy (non-hydrogen) atoms. The molecule has 1 saturated carbocycles. The molecule has 0 saturated heterocycles. The molecule has 0 amide bonds. The number of pyridine rings is 1. The van der Waals surface area contributed by atoms with Crippen LogP contribution >= 0.6 is 0 Å². The van der Waals surface area contributed by atoms with E-state index in [2.05, 4.69) is 21.9 Å². The Bertz CT molecular complexity index is 1440. The van der Waals surface area contributed by atoms with Crippen LogP contribution in [0.5, 0.6) is 11.6 Å². The van der Waals surface area contributed by atoms with E-state index in [1.54, 1.807) is 22.8 Å². The predicted molar refractivity (Wildman–Crippen MR) is 138 cm³/mol. The van der Waals surface area contributed by atoms with Crippen LogP contribution in [0.2, 0.25) is 0 Å². The van der Waals surface area contributed by atoms with Crippen LogP contribution in [0.3, 0.4) is 0 Å². The Morgan fingerprint density at radius 1 is 1.16 bits per heavy atom. The number of hydrogen-bond donors (Lipinski definition) is 2. The monoisotopic (exact) mass is 507 g/mol. The molecule has 10 nitrogen and oxygen atoms in total. The number of aromatic nitrogens is 4. The first kappa shape index (κ1) is 26.1. The Morgan fingerprint density at radius 3 is 2.54 bits per heavy atom. The summed E-state index contributed by atoms with van der Waals surface area (Å²) < 4.78 is 8.65. The molecule has 196 valence electrons. The lowest BCUT2D eigenvalue weighted by atomic mass is 9.83. The van der Waals surface area contributed by atoms with E-state index >= 15 is 0 Å². The molecule has 0 unspecified atom stereocenters. The van der Waals surface area contributed by atoms with E-state index in [-0.39, 0.29) is 22.8 Å². The molecule has 1 aromatic carbocycles. The summed E-state index contributed by atoms with van der Waals surface area (Å²) in [7, 11) is 0. The number of H-pyrrole nitrogens is 1. The van der Waals surface area contributed by atoms with Crippen molar-refractivity contribution in [1.82, 2.24) is 19.1 Å². The van der Waals surface area contributed by atoms with Gasteiger partial charge in [0.05, 0.1) is 11.3 Å². The Morgan fingerprint density at radius 2 is 1.92 bits per heavy atom. The van der Waals surface area contributed by atoms with E-state index in [1.807, 2.05) is 13.8 Å². The molecule has 0 spiro atoms. The van der Waals surface area contributed by atoms with Gasteiger partial charge in [-0.3, -0.25) is 9.55 Å². The van der Waals surface area contributed by atoms with Gasteiger partial charge in [0.2, 0.25) is 11.5 Å². The number of aryl methyl sites for hydroxylation is 1. The first-order valence-electron chi connectivity index (χ1n) is 12.7. The molecule has 1 aliphatic rings. The molecule has 2 aromatic heterocycles. The van der Waals surface area contributed by atoms with Gasteiger partial charge in [0, 0.05) is 25.4 Å². The SMILES string of the molecule is CCCn1c(=O)[nH]/c(=N\c2ccc(Oc3ccc(C(=O)O)cn3)c(C)c2)n(C[C@H]2CC[C@H](C)CC2)c1=O. The lowest BCUT2D eigenvalue weighted by molar-refractivity contribution is 0.0696. The molecule has 1 fully saturated rings. The maximum Gasteiger partial charge on any atom is 0.337 e. The second-order valence-corrected chi connectivity index (χ2v) is 9.78. The largest absolute Gasteiger partial charge is 0.478 e. The van der Waals surface area contributed by atoms with Crippen LogP contribution in [0.4, 0.5) is 5.69 Å². The number of rotatable bonds is 8. The van der Waals surface area contributed by atoms with Gasteiger partial charge in [-0.05, 0) is 67.9 Å². The molecule has 0 radical (unpaired) electrons. The summed E-state index contributed by atoms with van der Waals surface area (Å²) in [6.45, 7) is 6.90. The van der Waals surface area contributed by atoms with Crippen molar-refractivity contribution in [3.05, 3.63) is 74.2 Å². The van der Waals surface area contributed by atoms with E-state index in [0.29, 0.717) is 42.8 Å². The fraction of sp³-hybridized carbons (Fsp3) is 0.444. The molecular formula is C27H33N5O5. The zero-order valence-corrected chi connectivity index (χ0v) is 21.4. The summed E-state index contributed by atoms with van der Waals surface area (Å²) in [5.41, 5.74) is 0.833. The minimum Gasteiger partial charge on any atom is -0.478 e. The van der Waals surface area contributed by atoms with Gasteiger partial charge in [0.15, 0.2) is 0 Å². The molecular weight excluding hydrogens is 474 g/mol. The first-order chi connectivity index (χ1) is 17.7. The molecule has 10 heteroatoms. The molecule has 2 heterocycles. The van der Waals surface area contributed by atoms with E-state index < -0.39 is 11.7 Å². The highest BCUT2D eigenvalue weighted by Crippen LogP contribution is 2.29. The van der Waals surface area contributed by atoms with Crippen molar-refractivity contribution in [3.8, 4) is 11.6 Å². The molecule has 0 bridgehead atoms. The van der Waals surface area contributed by atoms with Gasteiger partial charge in [0.25, 0.3) is 0 Å². The second-order valence-electron chi connectivity index (χ2n) is 9.78. The Labute approximate surface area is 214 Å². The zero-order valence-electron chi connectivity index (χ0n) is 21.4. The predicted octanol–water partition coefficient (Wildman–Crippen LogP) is 4.00. The normalized spacial score (nSPS) is 18.1. The molecule has 0 atom stereocenters. The highest BCUT2D eigenvalue weighted by Gasteiger charge is 2.20. The Hall–Kier alpha value is -3.95. The number of carboxylic acids is 1. The van der Waals surface area contributed by atoms with E-state index in [4.69, 9.17) is 9.84 Å². The minimum absolute atomic E-state index is 0.0733. The molecule has 2 N–H and O–H groups in total. The number of benzene rings is 1. The second kappa shape index (κ2) is 11.4. The minimum atomic E-state index is -1.06. The maximum absolute atomic E-state index is 13.3. The molecule has 0 aliphatic heterocycles. The van der Waals surface area contributed by atoms with Crippen molar-refractivity contribution in [1.29, 1.82) is 0 Å². The van der Waals surface area contributed by atoms with Gasteiger partial charge in [-0.2, -0.15) is 0 Å². The van der Waals surface area contributed by atoms with Gasteiger partial charge in [-0.1, -0.05) is 26.7 Å². The number of hydrogen-bond acceptors (Lipinski definition) is 6. The van der Waals surface area contributed by atoms with Gasteiger partial charge in [0.1, 0.15) is 5.75 Å². The summed E-state index contributed by atoms with van der Waals surface area (Å²) in [5.74, 6) is 0.803. The van der Waals surface area contributed by atoms with Crippen LogP contribution in [0.15, 0.2) is 51.1 Å². The van der Waals surface area contributed by atoms with Crippen molar-refractivity contribution < 1.29 is 14.6 Å². The Balaban J connectivity index is 1.66. The number of carbonyl (C=O) groups is 1. The summed E-state index contributed by atoms with van der Waals surface area (Å²) in [6, 6.07) is 8.17. The summed E-state index contributed by atoms with van der Waals surface area (Å²) in [4.78, 5) is 48.5. The third-order valence-electron chi connectivity index (χ3n) is 6.80. The molecule has 4 rings (SSSR count). The molecule has 3 aromatic rings. The number of carboxylic acid groups (broad SMARTS) is 1.